The Bertz CT molecular complexity index is 693. The summed E-state index contributed by atoms with van der Waals surface area (Å²) in [6.45, 7) is 7.61. The van der Waals surface area contributed by atoms with Crippen LogP contribution in [0.3, 0.4) is 0 Å². The van der Waals surface area contributed by atoms with Gasteiger partial charge in [-0.3, -0.25) is 0 Å². The van der Waals surface area contributed by atoms with E-state index in [1.807, 2.05) is 6.07 Å². The van der Waals surface area contributed by atoms with E-state index >= 15 is 0 Å². The number of rotatable bonds is 7. The van der Waals surface area contributed by atoms with Gasteiger partial charge in [-0.2, -0.15) is 0 Å². The number of nitrogens with zero attached hydrogens (tertiary/aromatic N) is 1. The molecule has 0 unspecified atom stereocenters. The first-order chi connectivity index (χ1) is 12.5. The van der Waals surface area contributed by atoms with Gasteiger partial charge in [-0.05, 0) is 12.0 Å². The third-order valence-electron chi connectivity index (χ3n) is 5.28. The van der Waals surface area contributed by atoms with Gasteiger partial charge in [0.05, 0.1) is 14.2 Å². The molecule has 2 aromatic carbocycles. The van der Waals surface area contributed by atoms with Crippen molar-refractivity contribution in [3.05, 3.63) is 54.1 Å². The van der Waals surface area contributed by atoms with Gasteiger partial charge in [-0.15, -0.1) is 0 Å². The van der Waals surface area contributed by atoms with Crippen LogP contribution in [0.15, 0.2) is 48.5 Å². The van der Waals surface area contributed by atoms with Crippen molar-refractivity contribution in [2.24, 2.45) is 0 Å². The summed E-state index contributed by atoms with van der Waals surface area (Å²) >= 11 is 0. The van der Waals surface area contributed by atoms with E-state index in [4.69, 9.17) is 9.47 Å². The summed E-state index contributed by atoms with van der Waals surface area (Å²) in [6, 6.07) is 17.3. The summed E-state index contributed by atoms with van der Waals surface area (Å²) in [5, 5.41) is 3.77. The average molecular weight is 354 g/mol. The van der Waals surface area contributed by atoms with Gasteiger partial charge in [0.2, 0.25) is 0 Å². The molecule has 1 aliphatic rings. The Morgan fingerprint density at radius 2 is 1.69 bits per heavy atom. The molecule has 140 valence electrons. The van der Waals surface area contributed by atoms with Crippen LogP contribution in [0.4, 0.5) is 5.69 Å². The molecule has 1 saturated heterocycles. The van der Waals surface area contributed by atoms with Crippen LogP contribution in [0.5, 0.6) is 11.5 Å². The number of benzene rings is 2. The maximum absolute atomic E-state index is 5.40. The fraction of sp³-hybridized carbons (Fsp3) is 0.455. The Kier molecular flexibility index (Phi) is 5.72. The van der Waals surface area contributed by atoms with Crippen molar-refractivity contribution >= 4 is 5.69 Å². The van der Waals surface area contributed by atoms with Gasteiger partial charge in [0.1, 0.15) is 11.5 Å². The molecule has 1 N–H and O–H groups in total. The highest BCUT2D eigenvalue weighted by molar-refractivity contribution is 5.56. The molecule has 4 nitrogen and oxygen atoms in total. The van der Waals surface area contributed by atoms with Crippen LogP contribution in [-0.4, -0.2) is 39.9 Å². The summed E-state index contributed by atoms with van der Waals surface area (Å²) in [5.41, 5.74) is 2.65. The number of hydrogen-bond acceptors (Lipinski definition) is 4. The maximum atomic E-state index is 5.40. The fourth-order valence-electron chi connectivity index (χ4n) is 3.53. The highest BCUT2D eigenvalue weighted by atomic mass is 16.5. The first kappa shape index (κ1) is 18.6. The Balaban J connectivity index is 1.61. The topological polar surface area (TPSA) is 33.7 Å². The molecule has 26 heavy (non-hydrogen) atoms. The van der Waals surface area contributed by atoms with Crippen molar-refractivity contribution in [1.29, 1.82) is 0 Å². The molecule has 0 radical (unpaired) electrons. The Hall–Kier alpha value is -2.20. The number of methoxy groups -OCH3 is 2. The van der Waals surface area contributed by atoms with Gasteiger partial charge in [0, 0.05) is 55.0 Å². The fourth-order valence-corrected chi connectivity index (χ4v) is 3.53. The second-order valence-corrected chi connectivity index (χ2v) is 7.63. The number of hydrogen-bond donors (Lipinski definition) is 1. The molecule has 0 spiro atoms. The van der Waals surface area contributed by atoms with E-state index in [2.05, 4.69) is 66.5 Å². The van der Waals surface area contributed by atoms with Crippen molar-refractivity contribution in [3.63, 3.8) is 0 Å². The second kappa shape index (κ2) is 8.00. The standard InChI is InChI=1S/C22H30N2O2/c1-22(2,17-8-6-5-7-9-17)16-23-18-10-11-24(15-18)19-12-20(25-3)14-21(13-19)26-4/h5-9,12-14,18,23H,10-11,15-16H2,1-4H3/t18-/m0/s1. The van der Waals surface area contributed by atoms with E-state index in [1.165, 1.54) is 5.56 Å². The minimum atomic E-state index is 0.119. The lowest BCUT2D eigenvalue weighted by atomic mass is 9.84. The van der Waals surface area contributed by atoms with Crippen LogP contribution >= 0.6 is 0 Å². The van der Waals surface area contributed by atoms with E-state index in [0.29, 0.717) is 6.04 Å². The molecule has 1 fully saturated rings. The highest BCUT2D eigenvalue weighted by Gasteiger charge is 2.26. The summed E-state index contributed by atoms with van der Waals surface area (Å²) in [6.07, 6.45) is 1.14. The molecule has 0 bridgehead atoms. The van der Waals surface area contributed by atoms with E-state index < -0.39 is 0 Å². The number of ether oxygens (including phenoxy) is 2. The molecular formula is C22H30N2O2. The predicted octanol–water partition coefficient (Wildman–Crippen LogP) is 3.85. The summed E-state index contributed by atoms with van der Waals surface area (Å²) in [5.74, 6) is 1.67. The first-order valence-electron chi connectivity index (χ1n) is 9.29. The molecular weight excluding hydrogens is 324 g/mol. The molecule has 2 aromatic rings. The normalized spacial score (nSPS) is 17.4. The molecule has 0 saturated carbocycles. The molecule has 3 rings (SSSR count). The predicted molar refractivity (Wildman–Crippen MR) is 108 cm³/mol. The van der Waals surface area contributed by atoms with Crippen LogP contribution in [0.1, 0.15) is 25.8 Å². The molecule has 0 amide bonds. The van der Waals surface area contributed by atoms with Crippen LogP contribution < -0.4 is 19.7 Å². The van der Waals surface area contributed by atoms with Crippen molar-refractivity contribution in [2.45, 2.75) is 31.7 Å². The summed E-state index contributed by atoms with van der Waals surface area (Å²) < 4.78 is 10.8. The Morgan fingerprint density at radius 3 is 2.31 bits per heavy atom. The molecule has 1 aliphatic heterocycles. The number of nitrogens with one attached hydrogen (secondary N) is 1. The van der Waals surface area contributed by atoms with Crippen LogP contribution in [0.2, 0.25) is 0 Å². The largest absolute Gasteiger partial charge is 0.497 e. The second-order valence-electron chi connectivity index (χ2n) is 7.63. The lowest BCUT2D eigenvalue weighted by Crippen LogP contribution is -2.40. The molecule has 0 aliphatic carbocycles. The van der Waals surface area contributed by atoms with Crippen LogP contribution in [0.25, 0.3) is 0 Å². The minimum absolute atomic E-state index is 0.119. The van der Waals surface area contributed by atoms with Crippen molar-refractivity contribution in [2.75, 3.05) is 38.8 Å². The van der Waals surface area contributed by atoms with E-state index in [9.17, 15) is 0 Å². The zero-order chi connectivity index (χ0) is 18.6. The summed E-state index contributed by atoms with van der Waals surface area (Å²) in [7, 11) is 3.39. The van der Waals surface area contributed by atoms with Crippen LogP contribution in [-0.2, 0) is 5.41 Å². The maximum Gasteiger partial charge on any atom is 0.124 e. The monoisotopic (exact) mass is 354 g/mol. The first-order valence-corrected chi connectivity index (χ1v) is 9.29. The lowest BCUT2D eigenvalue weighted by Gasteiger charge is -2.28. The van der Waals surface area contributed by atoms with Crippen molar-refractivity contribution in [3.8, 4) is 11.5 Å². The van der Waals surface area contributed by atoms with E-state index in [1.54, 1.807) is 14.2 Å². The SMILES string of the molecule is COc1cc(OC)cc(N2CC[C@H](NCC(C)(C)c3ccccc3)C2)c1. The minimum Gasteiger partial charge on any atom is -0.497 e. The number of anilines is 1. The highest BCUT2D eigenvalue weighted by Crippen LogP contribution is 2.30. The van der Waals surface area contributed by atoms with Crippen molar-refractivity contribution in [1.82, 2.24) is 5.32 Å². The average Bonchev–Trinajstić information content (AvgIpc) is 3.16. The molecule has 0 aromatic heterocycles. The van der Waals surface area contributed by atoms with Gasteiger partial charge >= 0.3 is 0 Å². The van der Waals surface area contributed by atoms with Gasteiger partial charge in [-0.25, -0.2) is 0 Å². The third-order valence-corrected chi connectivity index (χ3v) is 5.28. The van der Waals surface area contributed by atoms with E-state index in [-0.39, 0.29) is 5.41 Å². The van der Waals surface area contributed by atoms with Gasteiger partial charge < -0.3 is 19.7 Å². The van der Waals surface area contributed by atoms with E-state index in [0.717, 1.165) is 43.2 Å². The zero-order valence-corrected chi connectivity index (χ0v) is 16.3. The summed E-state index contributed by atoms with van der Waals surface area (Å²) in [4.78, 5) is 2.40. The molecule has 1 atom stereocenters. The van der Waals surface area contributed by atoms with Crippen molar-refractivity contribution < 1.29 is 9.47 Å². The molecule has 1 heterocycles. The van der Waals surface area contributed by atoms with Gasteiger partial charge in [0.15, 0.2) is 0 Å². The Morgan fingerprint density at radius 1 is 1.04 bits per heavy atom. The van der Waals surface area contributed by atoms with Crippen LogP contribution in [0, 0.1) is 0 Å². The molecule has 4 heteroatoms. The Labute approximate surface area is 157 Å². The quantitative estimate of drug-likeness (QED) is 0.819. The van der Waals surface area contributed by atoms with Gasteiger partial charge in [0.25, 0.3) is 0 Å². The van der Waals surface area contributed by atoms with Gasteiger partial charge in [-0.1, -0.05) is 44.2 Å². The smallest absolute Gasteiger partial charge is 0.124 e. The third kappa shape index (κ3) is 4.31. The lowest BCUT2D eigenvalue weighted by molar-refractivity contribution is 0.394. The zero-order valence-electron chi connectivity index (χ0n) is 16.3.